The molecule has 1 heterocycles. The lowest BCUT2D eigenvalue weighted by Gasteiger charge is -2.26. The molecule has 9 heteroatoms. The third kappa shape index (κ3) is 10.1. The van der Waals surface area contributed by atoms with Crippen molar-refractivity contribution >= 4 is 15.9 Å². The molecule has 208 valence electrons. The van der Waals surface area contributed by atoms with Gasteiger partial charge in [-0.2, -0.15) is 0 Å². The summed E-state index contributed by atoms with van der Waals surface area (Å²) in [6.07, 6.45) is 8.82. The first kappa shape index (κ1) is 30.9. The standard InChI is InChI=1S/C28H44N2O6S/c1-5-6-7-11-23-20-25(31)24(13-12-22(4)10-8-9-21(2)3)27(33)28(23)37(34,35)29-26(32)14-15-30-16-18-36-19-17-30/h9,12,20,31,33H,5-8,10-11,13-19H2,1-4H3,(H,29,32). The quantitative estimate of drug-likeness (QED) is 0.235. The molecule has 0 unspecified atom stereocenters. The molecule has 1 aliphatic heterocycles. The van der Waals surface area contributed by atoms with Crippen LogP contribution in [0.15, 0.2) is 34.3 Å². The second-order valence-corrected chi connectivity index (χ2v) is 11.6. The van der Waals surface area contributed by atoms with Crippen molar-refractivity contribution in [1.29, 1.82) is 0 Å². The summed E-state index contributed by atoms with van der Waals surface area (Å²) in [6.45, 7) is 11.1. The molecule has 1 amide bonds. The van der Waals surface area contributed by atoms with Crippen molar-refractivity contribution in [2.24, 2.45) is 0 Å². The summed E-state index contributed by atoms with van der Waals surface area (Å²) in [4.78, 5) is 14.3. The highest BCUT2D eigenvalue weighted by Gasteiger charge is 2.29. The number of rotatable bonds is 14. The van der Waals surface area contributed by atoms with Crippen molar-refractivity contribution < 1.29 is 28.2 Å². The number of ether oxygens (including phenoxy) is 1. The summed E-state index contributed by atoms with van der Waals surface area (Å²) in [5.41, 5.74) is 2.76. The SMILES string of the molecule is CCCCCc1cc(O)c(CC=C(C)CCC=C(C)C)c(O)c1S(=O)(=O)NC(=O)CCN1CCOCC1. The van der Waals surface area contributed by atoms with Crippen LogP contribution in [0.2, 0.25) is 0 Å². The van der Waals surface area contributed by atoms with Crippen LogP contribution in [-0.4, -0.2) is 62.3 Å². The van der Waals surface area contributed by atoms with Crippen LogP contribution in [0.1, 0.15) is 77.3 Å². The number of sulfonamides is 1. The fourth-order valence-corrected chi connectivity index (χ4v) is 5.67. The molecule has 0 radical (unpaired) electrons. The number of nitrogens with one attached hydrogen (secondary N) is 1. The molecule has 3 N–H and O–H groups in total. The monoisotopic (exact) mass is 536 g/mol. The molecule has 1 aromatic rings. The zero-order chi connectivity index (χ0) is 27.4. The van der Waals surface area contributed by atoms with Gasteiger partial charge < -0.3 is 14.9 Å². The number of hydrogen-bond donors (Lipinski definition) is 3. The molecule has 37 heavy (non-hydrogen) atoms. The van der Waals surface area contributed by atoms with Gasteiger partial charge in [0.15, 0.2) is 0 Å². The molecule has 0 aliphatic carbocycles. The number of carbonyl (C=O) groups is 1. The normalized spacial score (nSPS) is 15.0. The summed E-state index contributed by atoms with van der Waals surface area (Å²) >= 11 is 0. The number of morpholine rings is 1. The summed E-state index contributed by atoms with van der Waals surface area (Å²) in [7, 11) is -4.34. The molecule has 2 rings (SSSR count). The maximum absolute atomic E-state index is 13.3. The maximum atomic E-state index is 13.3. The van der Waals surface area contributed by atoms with Crippen LogP contribution in [0.25, 0.3) is 0 Å². The highest BCUT2D eigenvalue weighted by Crippen LogP contribution is 2.38. The van der Waals surface area contributed by atoms with Crippen molar-refractivity contribution in [3.8, 4) is 11.5 Å². The Morgan fingerprint density at radius 2 is 1.81 bits per heavy atom. The van der Waals surface area contributed by atoms with Crippen molar-refractivity contribution in [3.05, 3.63) is 40.5 Å². The number of benzene rings is 1. The number of phenols is 2. The van der Waals surface area contributed by atoms with Crippen LogP contribution in [0.5, 0.6) is 11.5 Å². The second kappa shape index (κ2) is 15.1. The van der Waals surface area contributed by atoms with Crippen molar-refractivity contribution in [2.75, 3.05) is 32.8 Å². The molecular formula is C28H44N2O6S. The minimum Gasteiger partial charge on any atom is -0.508 e. The van der Waals surface area contributed by atoms with Gasteiger partial charge in [-0.05, 0) is 64.5 Å². The minimum atomic E-state index is -4.34. The molecule has 1 aliphatic rings. The number of aromatic hydroxyl groups is 2. The van der Waals surface area contributed by atoms with E-state index in [1.165, 1.54) is 11.6 Å². The largest absolute Gasteiger partial charge is 0.508 e. The Hall–Kier alpha value is -2.36. The number of carbonyl (C=O) groups excluding carboxylic acids is 1. The van der Waals surface area contributed by atoms with Gasteiger partial charge in [0.05, 0.1) is 13.2 Å². The van der Waals surface area contributed by atoms with Gasteiger partial charge in [-0.1, -0.05) is 43.1 Å². The van der Waals surface area contributed by atoms with E-state index in [9.17, 15) is 23.4 Å². The molecule has 0 atom stereocenters. The average molecular weight is 537 g/mol. The molecule has 0 spiro atoms. The Balaban J connectivity index is 2.28. The maximum Gasteiger partial charge on any atom is 0.268 e. The van der Waals surface area contributed by atoms with Gasteiger partial charge in [0, 0.05) is 31.6 Å². The van der Waals surface area contributed by atoms with E-state index in [-0.39, 0.29) is 29.1 Å². The lowest BCUT2D eigenvalue weighted by molar-refractivity contribution is -0.119. The fourth-order valence-electron chi connectivity index (χ4n) is 4.28. The van der Waals surface area contributed by atoms with Crippen LogP contribution in [-0.2, 0) is 32.4 Å². The number of phenolic OH excluding ortho intramolecular Hbond substituents is 2. The molecule has 1 saturated heterocycles. The van der Waals surface area contributed by atoms with Crippen LogP contribution >= 0.6 is 0 Å². The number of nitrogens with zero attached hydrogens (tertiary/aromatic N) is 1. The number of amides is 1. The third-order valence-electron chi connectivity index (χ3n) is 6.48. The Morgan fingerprint density at radius 3 is 2.46 bits per heavy atom. The molecule has 0 aromatic heterocycles. The van der Waals surface area contributed by atoms with Crippen LogP contribution in [0, 0.1) is 0 Å². The molecular weight excluding hydrogens is 492 g/mol. The summed E-state index contributed by atoms with van der Waals surface area (Å²) < 4.78 is 34.1. The van der Waals surface area contributed by atoms with E-state index in [0.29, 0.717) is 51.3 Å². The number of aryl methyl sites for hydroxylation is 1. The molecule has 1 aromatic carbocycles. The summed E-state index contributed by atoms with van der Waals surface area (Å²) in [5.74, 6) is -1.27. The smallest absolute Gasteiger partial charge is 0.268 e. The number of unbranched alkanes of at least 4 members (excludes halogenated alkanes) is 2. The first-order chi connectivity index (χ1) is 17.5. The van der Waals surface area contributed by atoms with Crippen molar-refractivity contribution in [1.82, 2.24) is 9.62 Å². The van der Waals surface area contributed by atoms with Crippen molar-refractivity contribution in [3.63, 3.8) is 0 Å². The van der Waals surface area contributed by atoms with Gasteiger partial charge in [-0.15, -0.1) is 0 Å². The van der Waals surface area contributed by atoms with Crippen LogP contribution in [0.4, 0.5) is 0 Å². The molecule has 0 bridgehead atoms. The Kier molecular flexibility index (Phi) is 12.6. The van der Waals surface area contributed by atoms with Gasteiger partial charge in [0.1, 0.15) is 16.4 Å². The minimum absolute atomic E-state index is 0.0176. The fraction of sp³-hybridized carbons (Fsp3) is 0.607. The van der Waals surface area contributed by atoms with E-state index in [4.69, 9.17) is 4.74 Å². The van der Waals surface area contributed by atoms with Gasteiger partial charge in [-0.25, -0.2) is 13.1 Å². The third-order valence-corrected chi connectivity index (χ3v) is 7.97. The zero-order valence-corrected chi connectivity index (χ0v) is 23.6. The Morgan fingerprint density at radius 1 is 1.11 bits per heavy atom. The van der Waals surface area contributed by atoms with Gasteiger partial charge >= 0.3 is 0 Å². The second-order valence-electron chi connectivity index (χ2n) is 9.98. The van der Waals surface area contributed by atoms with Crippen LogP contribution in [0.3, 0.4) is 0 Å². The first-order valence-corrected chi connectivity index (χ1v) is 14.7. The number of hydrogen-bond acceptors (Lipinski definition) is 7. The molecule has 8 nitrogen and oxygen atoms in total. The van der Waals surface area contributed by atoms with E-state index >= 15 is 0 Å². The lowest BCUT2D eigenvalue weighted by Crippen LogP contribution is -2.39. The first-order valence-electron chi connectivity index (χ1n) is 13.3. The predicted molar refractivity (Wildman–Crippen MR) is 146 cm³/mol. The Bertz CT molecular complexity index is 1070. The van der Waals surface area contributed by atoms with Gasteiger partial charge in [-0.3, -0.25) is 9.69 Å². The van der Waals surface area contributed by atoms with E-state index in [1.54, 1.807) is 0 Å². The highest BCUT2D eigenvalue weighted by molar-refractivity contribution is 7.90. The lowest BCUT2D eigenvalue weighted by atomic mass is 10.00. The van der Waals surface area contributed by atoms with Crippen molar-refractivity contribution in [2.45, 2.75) is 84.0 Å². The molecule has 1 fully saturated rings. The zero-order valence-electron chi connectivity index (χ0n) is 22.8. The Labute approximate surface area is 222 Å². The topological polar surface area (TPSA) is 116 Å². The van der Waals surface area contributed by atoms with E-state index < -0.39 is 21.7 Å². The summed E-state index contributed by atoms with van der Waals surface area (Å²) in [6, 6.07) is 1.42. The van der Waals surface area contributed by atoms with Gasteiger partial charge in [0.2, 0.25) is 5.91 Å². The molecule has 0 saturated carbocycles. The van der Waals surface area contributed by atoms with E-state index in [0.717, 1.165) is 31.3 Å². The van der Waals surface area contributed by atoms with Crippen LogP contribution < -0.4 is 4.72 Å². The average Bonchev–Trinajstić information content (AvgIpc) is 2.82. The summed E-state index contributed by atoms with van der Waals surface area (Å²) in [5, 5.41) is 21.8. The highest BCUT2D eigenvalue weighted by atomic mass is 32.2. The number of allylic oxidation sites excluding steroid dienone is 4. The van der Waals surface area contributed by atoms with E-state index in [2.05, 4.69) is 10.8 Å². The van der Waals surface area contributed by atoms with Gasteiger partial charge in [0.25, 0.3) is 10.0 Å². The van der Waals surface area contributed by atoms with E-state index in [1.807, 2.05) is 38.7 Å². The predicted octanol–water partition coefficient (Wildman–Crippen LogP) is 4.59.